The number of halogens is 1. The molecule has 0 aliphatic carbocycles. The van der Waals surface area contributed by atoms with Crippen molar-refractivity contribution in [3.8, 4) is 11.6 Å². The summed E-state index contributed by atoms with van der Waals surface area (Å²) in [5, 5.41) is 11.1. The van der Waals surface area contributed by atoms with Gasteiger partial charge in [0.2, 0.25) is 11.6 Å². The molecule has 0 amide bonds. The van der Waals surface area contributed by atoms with Crippen LogP contribution in [-0.4, -0.2) is 14.9 Å². The first-order valence-electron chi connectivity index (χ1n) is 5.59. The number of nitrogens with two attached hydrogens (primary N) is 1. The van der Waals surface area contributed by atoms with E-state index >= 15 is 0 Å². The van der Waals surface area contributed by atoms with Gasteiger partial charge in [0.15, 0.2) is 0 Å². The zero-order valence-corrected chi connectivity index (χ0v) is 12.3. The molecule has 2 N–H and O–H groups in total. The van der Waals surface area contributed by atoms with E-state index in [0.717, 1.165) is 5.56 Å². The summed E-state index contributed by atoms with van der Waals surface area (Å²) >= 11 is 3.19. The summed E-state index contributed by atoms with van der Waals surface area (Å²) in [4.78, 5) is 18.3. The Morgan fingerprint density at radius 2 is 2.05 bits per heavy atom. The van der Waals surface area contributed by atoms with Crippen LogP contribution in [0.2, 0.25) is 0 Å². The van der Waals surface area contributed by atoms with Crippen molar-refractivity contribution in [1.82, 2.24) is 9.97 Å². The van der Waals surface area contributed by atoms with E-state index in [0.29, 0.717) is 10.0 Å². The summed E-state index contributed by atoms with van der Waals surface area (Å²) in [5.74, 6) is 0.467. The number of rotatable bonds is 3. The molecular formula is C12H11BrN4O3. The van der Waals surface area contributed by atoms with Crippen molar-refractivity contribution in [3.05, 3.63) is 44.2 Å². The second-order valence-electron chi connectivity index (χ2n) is 4.17. The predicted molar refractivity (Wildman–Crippen MR) is 76.8 cm³/mol. The Morgan fingerprint density at radius 1 is 1.35 bits per heavy atom. The lowest BCUT2D eigenvalue weighted by Gasteiger charge is -2.10. The lowest BCUT2D eigenvalue weighted by Crippen LogP contribution is -2.00. The highest BCUT2D eigenvalue weighted by Gasteiger charge is 2.21. The summed E-state index contributed by atoms with van der Waals surface area (Å²) < 4.78 is 5.90. The number of hydrogen-bond donors (Lipinski definition) is 1. The van der Waals surface area contributed by atoms with Gasteiger partial charge in [0, 0.05) is 6.07 Å². The van der Waals surface area contributed by atoms with E-state index in [-0.39, 0.29) is 23.1 Å². The van der Waals surface area contributed by atoms with Gasteiger partial charge in [-0.25, -0.2) is 9.97 Å². The van der Waals surface area contributed by atoms with Crippen molar-refractivity contribution in [2.45, 2.75) is 13.8 Å². The molecule has 0 aliphatic rings. The third-order valence-electron chi connectivity index (χ3n) is 2.58. The molecule has 2 rings (SSSR count). The average Bonchev–Trinajstić information content (AvgIpc) is 2.37. The average molecular weight is 339 g/mol. The van der Waals surface area contributed by atoms with Crippen molar-refractivity contribution in [1.29, 1.82) is 0 Å². The van der Waals surface area contributed by atoms with Gasteiger partial charge in [-0.15, -0.1) is 0 Å². The molecule has 0 saturated carbocycles. The van der Waals surface area contributed by atoms with Gasteiger partial charge in [0.05, 0.1) is 4.92 Å². The molecule has 2 aromatic rings. The van der Waals surface area contributed by atoms with Gasteiger partial charge in [-0.2, -0.15) is 0 Å². The lowest BCUT2D eigenvalue weighted by molar-refractivity contribution is -0.385. The highest BCUT2D eigenvalue weighted by atomic mass is 79.9. The third-order valence-corrected chi connectivity index (χ3v) is 3.32. The number of hydrogen-bond acceptors (Lipinski definition) is 6. The van der Waals surface area contributed by atoms with Gasteiger partial charge in [0.25, 0.3) is 0 Å². The zero-order valence-electron chi connectivity index (χ0n) is 10.8. The van der Waals surface area contributed by atoms with Crippen LogP contribution in [0.3, 0.4) is 0 Å². The molecule has 0 atom stereocenters. The second-order valence-corrected chi connectivity index (χ2v) is 4.96. The summed E-state index contributed by atoms with van der Waals surface area (Å²) in [5.41, 5.74) is 6.92. The van der Waals surface area contributed by atoms with E-state index in [4.69, 9.17) is 10.5 Å². The highest BCUT2D eigenvalue weighted by Crippen LogP contribution is 2.38. The van der Waals surface area contributed by atoms with Crippen molar-refractivity contribution in [3.63, 3.8) is 0 Å². The summed E-state index contributed by atoms with van der Waals surface area (Å²) in [6.07, 6.45) is 1.23. The molecule has 1 aromatic heterocycles. The fourth-order valence-corrected chi connectivity index (χ4v) is 2.02. The summed E-state index contributed by atoms with van der Waals surface area (Å²) in [6.45, 7) is 3.51. The van der Waals surface area contributed by atoms with Crippen molar-refractivity contribution in [2.75, 3.05) is 5.73 Å². The monoisotopic (exact) mass is 338 g/mol. The molecular weight excluding hydrogens is 328 g/mol. The molecule has 8 heteroatoms. The first kappa shape index (κ1) is 14.2. The Morgan fingerprint density at radius 3 is 2.70 bits per heavy atom. The van der Waals surface area contributed by atoms with Crippen molar-refractivity contribution in [2.24, 2.45) is 0 Å². The number of nitro groups is 1. The van der Waals surface area contributed by atoms with Gasteiger partial charge >= 0.3 is 5.69 Å². The van der Waals surface area contributed by atoms with Crippen LogP contribution in [0.4, 0.5) is 11.5 Å². The Bertz CT molecular complexity index is 691. The van der Waals surface area contributed by atoms with Crippen LogP contribution in [0.15, 0.2) is 22.9 Å². The first-order chi connectivity index (χ1) is 9.40. The van der Waals surface area contributed by atoms with Gasteiger partial charge in [0.1, 0.15) is 16.6 Å². The van der Waals surface area contributed by atoms with E-state index < -0.39 is 4.92 Å². The van der Waals surface area contributed by atoms with Gasteiger partial charge in [-0.05, 0) is 40.9 Å². The summed E-state index contributed by atoms with van der Waals surface area (Å²) in [7, 11) is 0. The smallest absolute Gasteiger partial charge is 0.312 e. The number of aromatic nitrogens is 2. The SMILES string of the molecule is Cc1cc(C)c(Oc2ncnc(N)c2Br)c([N+](=O)[O-])c1. The molecule has 0 fully saturated rings. The first-order valence-corrected chi connectivity index (χ1v) is 6.39. The standard InChI is InChI=1S/C12H11BrN4O3/c1-6-3-7(2)10(8(4-6)17(18)19)20-12-9(13)11(14)15-5-16-12/h3-5H,1-2H3,(H2,14,15,16). The minimum Gasteiger partial charge on any atom is -0.430 e. The molecule has 104 valence electrons. The van der Waals surface area contributed by atoms with Crippen LogP contribution >= 0.6 is 15.9 Å². The molecule has 1 aromatic carbocycles. The Labute approximate surface area is 123 Å². The van der Waals surface area contributed by atoms with Crippen molar-refractivity contribution >= 4 is 27.4 Å². The molecule has 0 saturated heterocycles. The van der Waals surface area contributed by atoms with E-state index in [1.165, 1.54) is 12.4 Å². The quantitative estimate of drug-likeness (QED) is 0.680. The maximum atomic E-state index is 11.1. The minimum atomic E-state index is -0.492. The fraction of sp³-hybridized carbons (Fsp3) is 0.167. The number of ether oxygens (including phenoxy) is 1. The maximum absolute atomic E-state index is 11.1. The van der Waals surface area contributed by atoms with Gasteiger partial charge in [-0.3, -0.25) is 10.1 Å². The second kappa shape index (κ2) is 5.41. The molecule has 0 radical (unpaired) electrons. The number of anilines is 1. The van der Waals surface area contributed by atoms with E-state index in [1.807, 2.05) is 0 Å². The van der Waals surface area contributed by atoms with E-state index in [1.54, 1.807) is 19.9 Å². The normalized spacial score (nSPS) is 10.3. The fourth-order valence-electron chi connectivity index (χ4n) is 1.73. The third kappa shape index (κ3) is 2.69. The number of nitrogen functional groups attached to an aromatic ring is 1. The van der Waals surface area contributed by atoms with Gasteiger partial charge < -0.3 is 10.5 Å². The molecule has 1 heterocycles. The predicted octanol–water partition coefficient (Wildman–Crippen LogP) is 3.14. The molecule has 0 unspecified atom stereocenters. The number of aryl methyl sites for hydroxylation is 2. The number of nitro benzene ring substituents is 1. The van der Waals surface area contributed by atoms with Crippen molar-refractivity contribution < 1.29 is 9.66 Å². The topological polar surface area (TPSA) is 104 Å². The Hall–Kier alpha value is -2.22. The van der Waals surface area contributed by atoms with E-state index in [9.17, 15) is 10.1 Å². The maximum Gasteiger partial charge on any atom is 0.312 e. The Kier molecular flexibility index (Phi) is 3.84. The van der Waals surface area contributed by atoms with Crippen LogP contribution in [0.1, 0.15) is 11.1 Å². The largest absolute Gasteiger partial charge is 0.430 e. The molecule has 0 bridgehead atoms. The zero-order chi connectivity index (χ0) is 14.9. The van der Waals surface area contributed by atoms with Crippen LogP contribution < -0.4 is 10.5 Å². The molecule has 0 spiro atoms. The highest BCUT2D eigenvalue weighted by molar-refractivity contribution is 9.10. The molecule has 20 heavy (non-hydrogen) atoms. The van der Waals surface area contributed by atoms with Crippen LogP contribution in [0, 0.1) is 24.0 Å². The van der Waals surface area contributed by atoms with Crippen LogP contribution in [-0.2, 0) is 0 Å². The van der Waals surface area contributed by atoms with Crippen LogP contribution in [0.25, 0.3) is 0 Å². The minimum absolute atomic E-state index is 0.119. The number of benzene rings is 1. The summed E-state index contributed by atoms with van der Waals surface area (Å²) in [6, 6.07) is 3.24. The number of nitrogens with zero attached hydrogens (tertiary/aromatic N) is 3. The lowest BCUT2D eigenvalue weighted by atomic mass is 10.1. The van der Waals surface area contributed by atoms with Crippen LogP contribution in [0.5, 0.6) is 11.6 Å². The van der Waals surface area contributed by atoms with Gasteiger partial charge in [-0.1, -0.05) is 6.07 Å². The van der Waals surface area contributed by atoms with E-state index in [2.05, 4.69) is 25.9 Å². The Balaban J connectivity index is 2.53. The molecule has 0 aliphatic heterocycles. The molecule has 7 nitrogen and oxygen atoms in total.